The van der Waals surface area contributed by atoms with Crippen LogP contribution in [0, 0.1) is 22.5 Å². The molecule has 1 aliphatic carbocycles. The van der Waals surface area contributed by atoms with E-state index in [0.29, 0.717) is 12.6 Å². The third-order valence-electron chi connectivity index (χ3n) is 5.38. The number of nitrogens with zero attached hydrogens (tertiary/aromatic N) is 2. The lowest BCUT2D eigenvalue weighted by Gasteiger charge is -2.32. The van der Waals surface area contributed by atoms with Crippen LogP contribution in [0.2, 0.25) is 0 Å². The number of carbonyl (C=O) groups is 2. The van der Waals surface area contributed by atoms with Gasteiger partial charge in [-0.1, -0.05) is 6.92 Å². The summed E-state index contributed by atoms with van der Waals surface area (Å²) in [5.41, 5.74) is 0. The molecule has 8 heteroatoms. The standard InChI is InChI=1S/C18H29N3O3S2/c1-5-24-18(23)15-11(2)14(25-10-19)17(26-15)20-16(22)12-6-8-13(9-7-12)21(3)4/h11-15,17H,5-9H2,1-4H3,(H,20,22). The fourth-order valence-corrected chi connectivity index (χ4v) is 6.40. The summed E-state index contributed by atoms with van der Waals surface area (Å²) in [6.45, 7) is 4.08. The van der Waals surface area contributed by atoms with Gasteiger partial charge in [0.15, 0.2) is 0 Å². The summed E-state index contributed by atoms with van der Waals surface area (Å²) >= 11 is 2.57. The molecule has 6 nitrogen and oxygen atoms in total. The highest BCUT2D eigenvalue weighted by Crippen LogP contribution is 2.44. The molecule has 26 heavy (non-hydrogen) atoms. The molecule has 1 N–H and O–H groups in total. The van der Waals surface area contributed by atoms with E-state index in [1.807, 2.05) is 6.92 Å². The molecule has 2 fully saturated rings. The summed E-state index contributed by atoms with van der Waals surface area (Å²) in [7, 11) is 4.17. The number of thioether (sulfide) groups is 2. The highest BCUT2D eigenvalue weighted by atomic mass is 32.2. The van der Waals surface area contributed by atoms with Crippen LogP contribution in [0.15, 0.2) is 0 Å². The van der Waals surface area contributed by atoms with Crippen LogP contribution in [0.1, 0.15) is 39.5 Å². The van der Waals surface area contributed by atoms with Crippen molar-refractivity contribution in [3.05, 3.63) is 0 Å². The Balaban J connectivity index is 1.97. The number of thiocyanates is 1. The fraction of sp³-hybridized carbons (Fsp3) is 0.833. The number of nitrogens with one attached hydrogen (secondary N) is 1. The van der Waals surface area contributed by atoms with Crippen LogP contribution in [0.4, 0.5) is 0 Å². The van der Waals surface area contributed by atoms with Crippen LogP contribution in [0.3, 0.4) is 0 Å². The van der Waals surface area contributed by atoms with E-state index < -0.39 is 0 Å². The van der Waals surface area contributed by atoms with Gasteiger partial charge in [-0.15, -0.1) is 11.8 Å². The van der Waals surface area contributed by atoms with Gasteiger partial charge in [0.25, 0.3) is 0 Å². The smallest absolute Gasteiger partial charge is 0.319 e. The Bertz CT molecular complexity index is 544. The van der Waals surface area contributed by atoms with Crippen molar-refractivity contribution in [2.75, 3.05) is 20.7 Å². The second-order valence-corrected chi connectivity index (χ2v) is 9.49. The van der Waals surface area contributed by atoms with Gasteiger partial charge in [-0.2, -0.15) is 5.26 Å². The first-order valence-electron chi connectivity index (χ1n) is 9.22. The summed E-state index contributed by atoms with van der Waals surface area (Å²) in [5, 5.41) is 13.7. The first-order chi connectivity index (χ1) is 12.4. The molecule has 1 aliphatic heterocycles. The minimum absolute atomic E-state index is 0.0245. The van der Waals surface area contributed by atoms with Crippen molar-refractivity contribution in [3.63, 3.8) is 0 Å². The summed E-state index contributed by atoms with van der Waals surface area (Å²) in [6, 6.07) is 0.551. The Morgan fingerprint density at radius 2 is 1.96 bits per heavy atom. The lowest BCUT2D eigenvalue weighted by molar-refractivity contribution is -0.143. The van der Waals surface area contributed by atoms with Crippen molar-refractivity contribution < 1.29 is 14.3 Å². The fourth-order valence-electron chi connectivity index (χ4n) is 3.76. The van der Waals surface area contributed by atoms with E-state index in [4.69, 9.17) is 10.00 Å². The van der Waals surface area contributed by atoms with Crippen molar-refractivity contribution in [1.82, 2.24) is 10.2 Å². The van der Waals surface area contributed by atoms with Crippen LogP contribution < -0.4 is 5.32 Å². The number of hydrogen-bond donors (Lipinski definition) is 1. The Morgan fingerprint density at radius 3 is 2.50 bits per heavy atom. The maximum Gasteiger partial charge on any atom is 0.319 e. The van der Waals surface area contributed by atoms with Gasteiger partial charge in [-0.25, -0.2) is 0 Å². The molecule has 0 aromatic carbocycles. The summed E-state index contributed by atoms with van der Waals surface area (Å²) in [4.78, 5) is 27.2. The van der Waals surface area contributed by atoms with Gasteiger partial charge >= 0.3 is 5.97 Å². The number of nitriles is 1. The van der Waals surface area contributed by atoms with Gasteiger partial charge in [0.1, 0.15) is 10.7 Å². The number of rotatable bonds is 6. The number of carbonyl (C=O) groups excluding carboxylic acids is 2. The molecule has 1 amide bonds. The molecule has 2 rings (SSSR count). The molecular formula is C18H29N3O3S2. The van der Waals surface area contributed by atoms with Crippen LogP contribution >= 0.6 is 23.5 Å². The maximum atomic E-state index is 12.7. The summed E-state index contributed by atoms with van der Waals surface area (Å²) in [6.07, 6.45) is 3.83. The molecule has 0 aromatic rings. The molecule has 1 saturated carbocycles. The van der Waals surface area contributed by atoms with Gasteiger partial charge in [-0.05, 0) is 64.4 Å². The molecule has 1 heterocycles. The molecule has 4 unspecified atom stereocenters. The summed E-state index contributed by atoms with van der Waals surface area (Å²) < 4.78 is 5.16. The van der Waals surface area contributed by atoms with E-state index in [-0.39, 0.29) is 39.6 Å². The molecule has 1 saturated heterocycles. The first kappa shape index (κ1) is 21.4. The zero-order valence-electron chi connectivity index (χ0n) is 15.9. The quantitative estimate of drug-likeness (QED) is 0.542. The second-order valence-electron chi connectivity index (χ2n) is 7.24. The molecular weight excluding hydrogens is 370 g/mol. The Hall–Kier alpha value is -0.910. The van der Waals surface area contributed by atoms with Gasteiger partial charge in [0, 0.05) is 12.0 Å². The maximum absolute atomic E-state index is 12.7. The molecule has 146 valence electrons. The molecule has 4 atom stereocenters. The Morgan fingerprint density at radius 1 is 1.31 bits per heavy atom. The van der Waals surface area contributed by atoms with Crippen LogP contribution in [-0.4, -0.2) is 59.4 Å². The van der Waals surface area contributed by atoms with Gasteiger partial charge in [0.05, 0.1) is 17.2 Å². The molecule has 0 spiro atoms. The third-order valence-corrected chi connectivity index (χ3v) is 8.25. The van der Waals surface area contributed by atoms with Gasteiger partial charge in [0.2, 0.25) is 5.91 Å². The monoisotopic (exact) mass is 399 g/mol. The average Bonchev–Trinajstić information content (AvgIpc) is 2.92. The molecule has 0 bridgehead atoms. The highest BCUT2D eigenvalue weighted by Gasteiger charge is 2.47. The van der Waals surface area contributed by atoms with Crippen molar-refractivity contribution >= 4 is 35.4 Å². The third kappa shape index (κ3) is 5.08. The number of amides is 1. The molecule has 0 aromatic heterocycles. The van der Waals surface area contributed by atoms with E-state index >= 15 is 0 Å². The van der Waals surface area contributed by atoms with Crippen molar-refractivity contribution in [2.45, 2.75) is 61.4 Å². The molecule has 2 aliphatic rings. The largest absolute Gasteiger partial charge is 0.465 e. The molecule has 0 radical (unpaired) electrons. The van der Waals surface area contributed by atoms with E-state index in [0.717, 1.165) is 37.4 Å². The van der Waals surface area contributed by atoms with Gasteiger partial charge < -0.3 is 15.0 Å². The average molecular weight is 400 g/mol. The van der Waals surface area contributed by atoms with Crippen molar-refractivity contribution in [3.8, 4) is 5.40 Å². The van der Waals surface area contributed by atoms with Crippen molar-refractivity contribution in [2.24, 2.45) is 11.8 Å². The minimum Gasteiger partial charge on any atom is -0.465 e. The minimum atomic E-state index is -0.337. The lowest BCUT2D eigenvalue weighted by atomic mass is 9.85. The lowest BCUT2D eigenvalue weighted by Crippen LogP contribution is -2.43. The summed E-state index contributed by atoms with van der Waals surface area (Å²) in [5.74, 6) is -0.202. The van der Waals surface area contributed by atoms with E-state index in [1.54, 1.807) is 6.92 Å². The number of esters is 1. The van der Waals surface area contributed by atoms with E-state index in [2.05, 4.69) is 29.7 Å². The van der Waals surface area contributed by atoms with E-state index in [9.17, 15) is 9.59 Å². The predicted octanol–water partition coefficient (Wildman–Crippen LogP) is 2.45. The van der Waals surface area contributed by atoms with Crippen LogP contribution in [0.25, 0.3) is 0 Å². The topological polar surface area (TPSA) is 82.4 Å². The second kappa shape index (κ2) is 9.86. The SMILES string of the molecule is CCOC(=O)C1SC(NC(=O)C2CCC(N(C)C)CC2)C(SC#N)C1C. The van der Waals surface area contributed by atoms with Crippen molar-refractivity contribution in [1.29, 1.82) is 5.26 Å². The Labute approximate surface area is 164 Å². The number of hydrogen-bond acceptors (Lipinski definition) is 7. The normalized spacial score (nSPS) is 34.3. The van der Waals surface area contributed by atoms with Gasteiger partial charge in [-0.3, -0.25) is 9.59 Å². The van der Waals surface area contributed by atoms with Crippen LogP contribution in [0.5, 0.6) is 0 Å². The predicted molar refractivity (Wildman–Crippen MR) is 106 cm³/mol. The zero-order chi connectivity index (χ0) is 19.3. The zero-order valence-corrected chi connectivity index (χ0v) is 17.6. The van der Waals surface area contributed by atoms with E-state index in [1.165, 1.54) is 11.8 Å². The highest BCUT2D eigenvalue weighted by molar-refractivity contribution is 8.07. The van der Waals surface area contributed by atoms with Crippen LogP contribution in [-0.2, 0) is 14.3 Å². The number of ether oxygens (including phenoxy) is 1. The first-order valence-corrected chi connectivity index (χ1v) is 11.0. The Kier molecular flexibility index (Phi) is 8.11.